The molecule has 10 heteroatoms. The van der Waals surface area contributed by atoms with Gasteiger partial charge in [0.15, 0.2) is 11.5 Å². The van der Waals surface area contributed by atoms with Crippen LogP contribution in [0.15, 0.2) is 18.2 Å². The normalized spacial score (nSPS) is 13.0. The third kappa shape index (κ3) is 4.77. The number of phenols is 1. The fourth-order valence-electron chi connectivity index (χ4n) is 2.03. The fraction of sp³-hybridized carbons (Fsp3) is 0.375. The molecule has 26 heavy (non-hydrogen) atoms. The van der Waals surface area contributed by atoms with Crippen molar-refractivity contribution in [3.8, 4) is 23.1 Å². The van der Waals surface area contributed by atoms with Crippen molar-refractivity contribution >= 4 is 13.5 Å². The molecule has 142 valence electrons. The van der Waals surface area contributed by atoms with E-state index in [0.717, 1.165) is 0 Å². The number of anilines is 1. The number of aryl methyl sites for hydroxylation is 2. The molecule has 0 amide bonds. The zero-order valence-electron chi connectivity index (χ0n) is 15.3. The molecular weight excluding hydrogens is 361 g/mol. The first-order chi connectivity index (χ1) is 12.3. The molecule has 0 saturated carbocycles. The number of methoxy groups -OCH3 is 2. The SMILES string of the molecule is CCP(=O)(ONc1nc(C)cc(OC)n1)Oc1cc(C)c(O)c(OC)c1. The standard InChI is InChI=1S/C16H22N3O6P/c1-6-26(21,24-12-7-10(2)15(20)13(9-12)22-4)25-19-16-17-11(3)8-14(18-16)23-5/h7-9,20H,6H2,1-5H3,(H,17,18,19). The van der Waals surface area contributed by atoms with Gasteiger partial charge < -0.3 is 19.1 Å². The van der Waals surface area contributed by atoms with Gasteiger partial charge in [0.2, 0.25) is 5.88 Å². The van der Waals surface area contributed by atoms with Crippen molar-refractivity contribution in [3.63, 3.8) is 0 Å². The highest BCUT2D eigenvalue weighted by atomic mass is 31.2. The zero-order valence-corrected chi connectivity index (χ0v) is 16.2. The van der Waals surface area contributed by atoms with E-state index in [0.29, 0.717) is 17.1 Å². The number of aromatic hydroxyl groups is 1. The lowest BCUT2D eigenvalue weighted by Crippen LogP contribution is -2.09. The van der Waals surface area contributed by atoms with E-state index >= 15 is 0 Å². The Morgan fingerprint density at radius 1 is 1.15 bits per heavy atom. The minimum Gasteiger partial charge on any atom is -0.504 e. The van der Waals surface area contributed by atoms with Crippen LogP contribution in [0.1, 0.15) is 18.2 Å². The predicted molar refractivity (Wildman–Crippen MR) is 96.2 cm³/mol. The lowest BCUT2D eigenvalue weighted by atomic mass is 10.2. The van der Waals surface area contributed by atoms with Crippen molar-refractivity contribution in [3.05, 3.63) is 29.5 Å². The van der Waals surface area contributed by atoms with Gasteiger partial charge >= 0.3 is 7.60 Å². The Morgan fingerprint density at radius 3 is 2.50 bits per heavy atom. The van der Waals surface area contributed by atoms with Gasteiger partial charge in [-0.3, -0.25) is 0 Å². The van der Waals surface area contributed by atoms with E-state index in [1.807, 2.05) is 0 Å². The van der Waals surface area contributed by atoms with E-state index in [-0.39, 0.29) is 29.4 Å². The molecule has 1 heterocycles. The first-order valence-electron chi connectivity index (χ1n) is 7.80. The van der Waals surface area contributed by atoms with E-state index in [2.05, 4.69) is 15.4 Å². The van der Waals surface area contributed by atoms with Gasteiger partial charge in [-0.15, -0.1) is 0 Å². The molecule has 9 nitrogen and oxygen atoms in total. The Bertz CT molecular complexity index is 830. The van der Waals surface area contributed by atoms with Gasteiger partial charge in [-0.2, -0.15) is 9.61 Å². The summed E-state index contributed by atoms with van der Waals surface area (Å²) in [5, 5.41) is 9.88. The molecule has 0 fully saturated rings. The Labute approximate surface area is 151 Å². The maximum Gasteiger partial charge on any atom is 0.400 e. The molecule has 0 aliphatic carbocycles. The maximum atomic E-state index is 12.9. The summed E-state index contributed by atoms with van der Waals surface area (Å²) in [6, 6.07) is 4.61. The number of rotatable bonds is 8. The smallest absolute Gasteiger partial charge is 0.400 e. The second-order valence-corrected chi connectivity index (χ2v) is 7.60. The third-order valence-electron chi connectivity index (χ3n) is 3.41. The average molecular weight is 383 g/mol. The molecule has 1 aromatic carbocycles. The number of phenolic OH excluding ortho intramolecular Hbond substituents is 1. The summed E-state index contributed by atoms with van der Waals surface area (Å²) in [5.74, 6) is 0.882. The Hall–Kier alpha value is -2.51. The quantitative estimate of drug-likeness (QED) is 0.523. The topological polar surface area (TPSA) is 112 Å². The Kier molecular flexibility index (Phi) is 6.28. The van der Waals surface area contributed by atoms with Crippen molar-refractivity contribution in [1.29, 1.82) is 0 Å². The van der Waals surface area contributed by atoms with E-state index in [9.17, 15) is 9.67 Å². The summed E-state index contributed by atoms with van der Waals surface area (Å²) >= 11 is 0. The van der Waals surface area contributed by atoms with Crippen molar-refractivity contribution in [2.75, 3.05) is 25.9 Å². The third-order valence-corrected chi connectivity index (χ3v) is 5.04. The predicted octanol–water partition coefficient (Wildman–Crippen LogP) is 3.45. The molecular formula is C16H22N3O6P. The molecule has 1 atom stereocenters. The summed E-state index contributed by atoms with van der Waals surface area (Å²) in [4.78, 5) is 8.17. The molecule has 0 aliphatic rings. The molecule has 2 N–H and O–H groups in total. The summed E-state index contributed by atoms with van der Waals surface area (Å²) in [5.41, 5.74) is 3.62. The molecule has 0 saturated heterocycles. The maximum absolute atomic E-state index is 12.9. The Morgan fingerprint density at radius 2 is 1.88 bits per heavy atom. The molecule has 0 spiro atoms. The molecule has 2 rings (SSSR count). The van der Waals surface area contributed by atoms with Crippen LogP contribution in [0.4, 0.5) is 5.95 Å². The van der Waals surface area contributed by atoms with Crippen LogP contribution in [0.25, 0.3) is 0 Å². The van der Waals surface area contributed by atoms with Gasteiger partial charge in [-0.25, -0.2) is 15.0 Å². The lowest BCUT2D eigenvalue weighted by Gasteiger charge is -2.19. The van der Waals surface area contributed by atoms with Crippen LogP contribution in [0.2, 0.25) is 0 Å². The number of aromatic nitrogens is 2. The minimum atomic E-state index is -3.56. The second-order valence-electron chi connectivity index (χ2n) is 5.38. The van der Waals surface area contributed by atoms with Crippen molar-refractivity contribution in [2.45, 2.75) is 20.8 Å². The molecule has 0 radical (unpaired) electrons. The van der Waals surface area contributed by atoms with Gasteiger partial charge in [0.05, 0.1) is 20.4 Å². The number of hydrogen-bond acceptors (Lipinski definition) is 9. The van der Waals surface area contributed by atoms with Gasteiger partial charge in [-0.05, 0) is 25.5 Å². The van der Waals surface area contributed by atoms with E-state index in [4.69, 9.17) is 18.6 Å². The zero-order chi connectivity index (χ0) is 19.3. The first-order valence-corrected chi connectivity index (χ1v) is 9.53. The lowest BCUT2D eigenvalue weighted by molar-refractivity contribution is 0.313. The van der Waals surface area contributed by atoms with Crippen molar-refractivity contribution in [2.24, 2.45) is 0 Å². The van der Waals surface area contributed by atoms with E-state index in [1.165, 1.54) is 26.4 Å². The van der Waals surface area contributed by atoms with Crippen LogP contribution in [0, 0.1) is 13.8 Å². The molecule has 1 aromatic heterocycles. The van der Waals surface area contributed by atoms with Crippen molar-refractivity contribution in [1.82, 2.24) is 9.97 Å². The summed E-state index contributed by atoms with van der Waals surface area (Å²) < 4.78 is 33.8. The highest BCUT2D eigenvalue weighted by Gasteiger charge is 2.26. The van der Waals surface area contributed by atoms with Crippen LogP contribution < -0.4 is 19.5 Å². The van der Waals surface area contributed by atoms with Crippen LogP contribution in [-0.4, -0.2) is 35.5 Å². The minimum absolute atomic E-state index is 0.00881. The van der Waals surface area contributed by atoms with E-state index in [1.54, 1.807) is 26.8 Å². The van der Waals surface area contributed by atoms with Crippen LogP contribution in [-0.2, 0) is 9.19 Å². The average Bonchev–Trinajstić information content (AvgIpc) is 2.62. The van der Waals surface area contributed by atoms with Crippen LogP contribution in [0.5, 0.6) is 23.1 Å². The van der Waals surface area contributed by atoms with Gasteiger partial charge in [0.25, 0.3) is 5.95 Å². The Balaban J connectivity index is 2.17. The van der Waals surface area contributed by atoms with Gasteiger partial charge in [-0.1, -0.05) is 6.92 Å². The van der Waals surface area contributed by atoms with Crippen LogP contribution >= 0.6 is 7.60 Å². The molecule has 1 unspecified atom stereocenters. The number of nitrogens with one attached hydrogen (secondary N) is 1. The van der Waals surface area contributed by atoms with E-state index < -0.39 is 7.60 Å². The molecule has 0 bridgehead atoms. The van der Waals surface area contributed by atoms with Crippen LogP contribution in [0.3, 0.4) is 0 Å². The second kappa shape index (κ2) is 8.25. The first kappa shape index (κ1) is 19.8. The fourth-order valence-corrected chi connectivity index (χ4v) is 2.98. The summed E-state index contributed by atoms with van der Waals surface area (Å²) in [6.07, 6.45) is 0.0885. The number of ether oxygens (including phenoxy) is 2. The molecule has 0 aliphatic heterocycles. The summed E-state index contributed by atoms with van der Waals surface area (Å²) in [7, 11) is -0.667. The largest absolute Gasteiger partial charge is 0.504 e. The van der Waals surface area contributed by atoms with Crippen molar-refractivity contribution < 1.29 is 28.3 Å². The number of nitrogens with zero attached hydrogens (tertiary/aromatic N) is 2. The highest BCUT2D eigenvalue weighted by molar-refractivity contribution is 7.54. The van der Waals surface area contributed by atoms with Gasteiger partial charge in [0, 0.05) is 17.8 Å². The monoisotopic (exact) mass is 383 g/mol. The highest BCUT2D eigenvalue weighted by Crippen LogP contribution is 2.49. The van der Waals surface area contributed by atoms with Gasteiger partial charge in [0.1, 0.15) is 5.75 Å². The summed E-state index contributed by atoms with van der Waals surface area (Å²) in [6.45, 7) is 5.09. The molecule has 2 aromatic rings. The number of benzene rings is 1. The number of hydrogen-bond donors (Lipinski definition) is 2.